The molecular weight excluding hydrogens is 556 g/mol. The molecule has 13 heteroatoms. The van der Waals surface area contributed by atoms with E-state index in [4.69, 9.17) is 0 Å². The van der Waals surface area contributed by atoms with Gasteiger partial charge in [0.2, 0.25) is 0 Å². The van der Waals surface area contributed by atoms with Crippen molar-refractivity contribution >= 4 is 21.4 Å². The number of sulfonamides is 1. The Labute approximate surface area is 241 Å². The number of nitro groups is 1. The van der Waals surface area contributed by atoms with Crippen molar-refractivity contribution in [3.63, 3.8) is 0 Å². The number of aromatic nitrogens is 3. The van der Waals surface area contributed by atoms with Crippen LogP contribution in [0.4, 0.5) is 11.4 Å². The Balaban J connectivity index is 1.63. The van der Waals surface area contributed by atoms with E-state index >= 15 is 0 Å². The van der Waals surface area contributed by atoms with Gasteiger partial charge in [0, 0.05) is 12.1 Å². The second-order valence-electron chi connectivity index (χ2n) is 9.27. The lowest BCUT2D eigenvalue weighted by Crippen LogP contribution is -2.46. The lowest BCUT2D eigenvalue weighted by Gasteiger charge is -2.24. The Kier molecular flexibility index (Phi) is 8.29. The minimum absolute atomic E-state index is 0.0131. The highest BCUT2D eigenvalue weighted by atomic mass is 32.2. The van der Waals surface area contributed by atoms with Gasteiger partial charge in [-0.25, -0.2) is 4.68 Å². The molecule has 0 aliphatic carbocycles. The molecule has 0 saturated heterocycles. The molecule has 0 bridgehead atoms. The van der Waals surface area contributed by atoms with Gasteiger partial charge in [-0.2, -0.15) is 22.6 Å². The Hall–Kier alpha value is -5.43. The van der Waals surface area contributed by atoms with Gasteiger partial charge in [0.15, 0.2) is 0 Å². The van der Waals surface area contributed by atoms with Crippen molar-refractivity contribution in [2.24, 2.45) is 15.4 Å². The number of non-ortho nitro benzene ring substituents is 1. The Morgan fingerprint density at radius 2 is 1.48 bits per heavy atom. The zero-order valence-electron chi connectivity index (χ0n) is 22.5. The largest absolute Gasteiger partial charge is 0.278 e. The number of hydrogen-bond acceptors (Lipinski definition) is 7. The van der Waals surface area contributed by atoms with Crippen molar-refractivity contribution in [2.45, 2.75) is 24.9 Å². The molecule has 0 atom stereocenters. The van der Waals surface area contributed by atoms with Crippen LogP contribution in [-0.4, -0.2) is 27.8 Å². The number of rotatable bonds is 10. The van der Waals surface area contributed by atoms with Crippen molar-refractivity contribution in [1.82, 2.24) is 14.5 Å². The fourth-order valence-corrected chi connectivity index (χ4v) is 5.45. The van der Waals surface area contributed by atoms with Crippen LogP contribution in [0.15, 0.2) is 136 Å². The van der Waals surface area contributed by atoms with Crippen LogP contribution in [0.1, 0.15) is 16.7 Å². The predicted molar refractivity (Wildman–Crippen MR) is 156 cm³/mol. The molecule has 42 heavy (non-hydrogen) atoms. The van der Waals surface area contributed by atoms with Gasteiger partial charge in [-0.1, -0.05) is 83.5 Å². The Bertz CT molecular complexity index is 1870. The van der Waals surface area contributed by atoms with Crippen molar-refractivity contribution in [3.8, 4) is 0 Å². The highest BCUT2D eigenvalue weighted by Gasteiger charge is 2.27. The molecule has 0 spiro atoms. The minimum Gasteiger partial charge on any atom is -0.258 e. The third kappa shape index (κ3) is 6.47. The molecule has 12 nitrogen and oxygen atoms in total. The highest BCUT2D eigenvalue weighted by Crippen LogP contribution is 2.19. The molecule has 0 saturated carbocycles. The van der Waals surface area contributed by atoms with Gasteiger partial charge in [-0.3, -0.25) is 10.1 Å². The molecule has 0 N–H and O–H groups in total. The Morgan fingerprint density at radius 1 is 0.857 bits per heavy atom. The van der Waals surface area contributed by atoms with Crippen LogP contribution in [-0.2, 0) is 23.1 Å². The molecule has 0 amide bonds. The number of aryl methyl sites for hydroxylation is 1. The van der Waals surface area contributed by atoms with E-state index in [1.807, 2.05) is 67.6 Å². The highest BCUT2D eigenvalue weighted by molar-refractivity contribution is 7.92. The summed E-state index contributed by atoms with van der Waals surface area (Å²) in [6, 6.07) is 30.8. The summed E-state index contributed by atoms with van der Waals surface area (Å²) in [5, 5.41) is 27.7. The summed E-state index contributed by atoms with van der Waals surface area (Å²) in [4.78, 5) is 10.6. The summed E-state index contributed by atoms with van der Waals surface area (Å²) >= 11 is 0. The molecule has 0 aliphatic heterocycles. The first kappa shape index (κ1) is 28.1. The fourth-order valence-electron chi connectivity index (χ4n) is 4.06. The van der Waals surface area contributed by atoms with Gasteiger partial charge in [0.1, 0.15) is 6.33 Å². The van der Waals surface area contributed by atoms with Crippen LogP contribution in [0.25, 0.3) is 0 Å². The summed E-state index contributed by atoms with van der Waals surface area (Å²) in [5.74, 6) is 0. The minimum atomic E-state index is -4.09. The molecule has 1 aromatic heterocycles. The van der Waals surface area contributed by atoms with Crippen LogP contribution in [0.5, 0.6) is 0 Å². The average molecular weight is 583 g/mol. The SMILES string of the molecule is Cc1ccc(S(=O)(=O)N(Cc2ccccc2)n2cnn(Cc3ccccc3)/c2=N\N=Nc2ccc([N+](=O)[O-])cc2)cc1. The average Bonchev–Trinajstić information content (AvgIpc) is 3.38. The predicted octanol–water partition coefficient (Wildman–Crippen LogP) is 5.08. The summed E-state index contributed by atoms with van der Waals surface area (Å²) in [7, 11) is -4.09. The molecule has 0 unspecified atom stereocenters. The number of nitro benzene ring substituents is 1. The molecule has 0 fully saturated rings. The maximum Gasteiger partial charge on any atom is 0.278 e. The van der Waals surface area contributed by atoms with Crippen molar-refractivity contribution in [2.75, 3.05) is 4.41 Å². The lowest BCUT2D eigenvalue weighted by molar-refractivity contribution is -0.384. The maximum atomic E-state index is 14.1. The van der Waals surface area contributed by atoms with Crippen LogP contribution < -0.4 is 10.0 Å². The molecule has 4 aromatic carbocycles. The molecule has 0 aliphatic rings. The van der Waals surface area contributed by atoms with E-state index in [2.05, 4.69) is 20.5 Å². The topological polar surface area (TPSA) is 140 Å². The molecule has 5 rings (SSSR count). The van der Waals surface area contributed by atoms with Gasteiger partial charge in [0.05, 0.1) is 28.6 Å². The quantitative estimate of drug-likeness (QED) is 0.128. The van der Waals surface area contributed by atoms with E-state index in [0.717, 1.165) is 16.7 Å². The zero-order valence-corrected chi connectivity index (χ0v) is 23.3. The number of nitrogens with zero attached hydrogens (tertiary/aromatic N) is 8. The first-order chi connectivity index (χ1) is 20.3. The van der Waals surface area contributed by atoms with E-state index in [-0.39, 0.29) is 29.3 Å². The number of benzene rings is 4. The van der Waals surface area contributed by atoms with E-state index in [9.17, 15) is 18.5 Å². The third-order valence-corrected chi connectivity index (χ3v) is 7.99. The van der Waals surface area contributed by atoms with Crippen LogP contribution in [0.2, 0.25) is 0 Å². The molecule has 5 aromatic rings. The standard InChI is InChI=1S/C29H26N8O4S/c1-23-12-18-28(19-13-23)42(40,41)36(21-25-10-6-3-7-11-25)35-22-30-34(20-24-8-4-2-5-9-24)29(35)32-33-31-26-14-16-27(17-15-26)37(38)39/h2-19,22H,20-21H2,1H3/b32-29+,33-31?. The van der Waals surface area contributed by atoms with Crippen LogP contribution >= 0.6 is 0 Å². The van der Waals surface area contributed by atoms with Crippen molar-refractivity contribution < 1.29 is 13.3 Å². The molecule has 212 valence electrons. The van der Waals surface area contributed by atoms with Crippen LogP contribution in [0.3, 0.4) is 0 Å². The third-order valence-electron chi connectivity index (χ3n) is 6.26. The fraction of sp³-hybridized carbons (Fsp3) is 0.103. The molecular formula is C29H26N8O4S. The molecule has 1 heterocycles. The maximum absolute atomic E-state index is 14.1. The van der Waals surface area contributed by atoms with Crippen LogP contribution in [0, 0.1) is 17.0 Å². The second kappa shape index (κ2) is 12.4. The molecule has 0 radical (unpaired) electrons. The van der Waals surface area contributed by atoms with Gasteiger partial charge in [-0.15, -0.1) is 5.11 Å². The van der Waals surface area contributed by atoms with Gasteiger partial charge >= 0.3 is 0 Å². The monoisotopic (exact) mass is 582 g/mol. The summed E-state index contributed by atoms with van der Waals surface area (Å²) < 4.78 is 32.2. The Morgan fingerprint density at radius 3 is 2.10 bits per heavy atom. The second-order valence-corrected chi connectivity index (χ2v) is 11.1. The normalized spacial score (nSPS) is 12.1. The summed E-state index contributed by atoms with van der Waals surface area (Å²) in [6.45, 7) is 2.15. The van der Waals surface area contributed by atoms with E-state index < -0.39 is 14.9 Å². The van der Waals surface area contributed by atoms with E-state index in [1.165, 1.54) is 44.4 Å². The van der Waals surface area contributed by atoms with Gasteiger partial charge < -0.3 is 0 Å². The summed E-state index contributed by atoms with van der Waals surface area (Å²) in [6.07, 6.45) is 1.37. The smallest absolute Gasteiger partial charge is 0.258 e. The summed E-state index contributed by atoms with van der Waals surface area (Å²) in [5.41, 5.74) is 2.92. The number of hydrogen-bond donors (Lipinski definition) is 0. The van der Waals surface area contributed by atoms with Crippen molar-refractivity contribution in [1.29, 1.82) is 0 Å². The van der Waals surface area contributed by atoms with Crippen molar-refractivity contribution in [3.05, 3.63) is 148 Å². The lowest BCUT2D eigenvalue weighted by atomic mass is 10.2. The van der Waals surface area contributed by atoms with Gasteiger partial charge in [0.25, 0.3) is 21.3 Å². The van der Waals surface area contributed by atoms with Gasteiger partial charge in [-0.05, 0) is 47.5 Å². The van der Waals surface area contributed by atoms with E-state index in [0.29, 0.717) is 5.69 Å². The first-order valence-electron chi connectivity index (χ1n) is 12.8. The first-order valence-corrected chi connectivity index (χ1v) is 14.3. The van der Waals surface area contributed by atoms with E-state index in [1.54, 1.807) is 24.3 Å². The zero-order chi connectivity index (χ0) is 29.5.